The van der Waals surface area contributed by atoms with Crippen molar-refractivity contribution in [2.75, 3.05) is 11.9 Å². The number of nitriles is 1. The van der Waals surface area contributed by atoms with Crippen LogP contribution in [0.4, 0.5) is 5.88 Å². The molecule has 1 aliphatic rings. The number of rotatable bonds is 4. The van der Waals surface area contributed by atoms with Gasteiger partial charge in [0.05, 0.1) is 0 Å². The maximum Gasteiger partial charge on any atom is 0.271 e. The Balaban J connectivity index is 1.52. The number of fused-ring (bicyclic) bond motifs is 1. The zero-order valence-corrected chi connectivity index (χ0v) is 16.9. The van der Waals surface area contributed by atoms with Gasteiger partial charge in [-0.25, -0.2) is 0 Å². The van der Waals surface area contributed by atoms with Crippen LogP contribution in [-0.4, -0.2) is 18.6 Å². The van der Waals surface area contributed by atoms with Crippen molar-refractivity contribution in [1.29, 1.82) is 5.26 Å². The summed E-state index contributed by atoms with van der Waals surface area (Å²) in [6, 6.07) is 28.3. The molecule has 0 radical (unpaired) electrons. The molecule has 6 nitrogen and oxygen atoms in total. The fraction of sp³-hybridized carbons (Fsp3) is 0.0769. The third-order valence-electron chi connectivity index (χ3n) is 5.16. The van der Waals surface area contributed by atoms with Crippen molar-refractivity contribution < 1.29 is 18.7 Å². The van der Waals surface area contributed by atoms with E-state index in [4.69, 9.17) is 13.9 Å². The normalized spacial score (nSPS) is 14.4. The highest BCUT2D eigenvalue weighted by molar-refractivity contribution is 5.98. The minimum absolute atomic E-state index is 0.0581. The van der Waals surface area contributed by atoms with Gasteiger partial charge in [-0.15, -0.1) is 0 Å². The van der Waals surface area contributed by atoms with Gasteiger partial charge in [0.1, 0.15) is 24.0 Å². The van der Waals surface area contributed by atoms with E-state index in [9.17, 15) is 10.1 Å². The zero-order valence-electron chi connectivity index (χ0n) is 16.9. The number of carbonyl (C=O) groups is 1. The van der Waals surface area contributed by atoms with Crippen LogP contribution in [0.5, 0.6) is 11.5 Å². The van der Waals surface area contributed by atoms with E-state index in [1.165, 1.54) is 0 Å². The van der Waals surface area contributed by atoms with Gasteiger partial charge in [0.15, 0.2) is 11.5 Å². The van der Waals surface area contributed by atoms with Crippen LogP contribution in [0.15, 0.2) is 89.3 Å². The fourth-order valence-corrected chi connectivity index (χ4v) is 3.64. The molecule has 3 aromatic carbocycles. The Kier molecular flexibility index (Phi) is 5.06. The Bertz CT molecular complexity index is 1310. The van der Waals surface area contributed by atoms with Gasteiger partial charge in [0, 0.05) is 11.1 Å². The number of anilines is 1. The Labute approximate surface area is 184 Å². The first-order chi connectivity index (χ1) is 15.7. The van der Waals surface area contributed by atoms with Crippen LogP contribution >= 0.6 is 0 Å². The molecule has 0 fully saturated rings. The largest absolute Gasteiger partial charge is 0.485 e. The van der Waals surface area contributed by atoms with E-state index in [1.807, 2.05) is 66.7 Å². The summed E-state index contributed by atoms with van der Waals surface area (Å²) < 4.78 is 17.5. The van der Waals surface area contributed by atoms with Crippen molar-refractivity contribution in [1.82, 2.24) is 0 Å². The number of ether oxygens (including phenoxy) is 2. The highest BCUT2D eigenvalue weighted by atomic mass is 16.6. The molecule has 0 spiro atoms. The van der Waals surface area contributed by atoms with E-state index < -0.39 is 12.0 Å². The monoisotopic (exact) mass is 422 g/mol. The second-order valence-electron chi connectivity index (χ2n) is 7.21. The lowest BCUT2D eigenvalue weighted by atomic mass is 9.98. The number of hydrogen-bond acceptors (Lipinski definition) is 5. The van der Waals surface area contributed by atoms with Crippen molar-refractivity contribution >= 4 is 11.8 Å². The summed E-state index contributed by atoms with van der Waals surface area (Å²) in [7, 11) is 0. The summed E-state index contributed by atoms with van der Waals surface area (Å²) in [4.78, 5) is 13.0. The Morgan fingerprint density at radius 2 is 1.50 bits per heavy atom. The van der Waals surface area contributed by atoms with Gasteiger partial charge in [0.2, 0.25) is 12.0 Å². The lowest BCUT2D eigenvalue weighted by molar-refractivity contribution is -0.125. The van der Waals surface area contributed by atoms with E-state index in [0.29, 0.717) is 22.8 Å². The molecule has 1 aromatic heterocycles. The van der Waals surface area contributed by atoms with Crippen molar-refractivity contribution in [2.24, 2.45) is 0 Å². The highest BCUT2D eigenvalue weighted by Gasteiger charge is 2.30. The third-order valence-corrected chi connectivity index (χ3v) is 5.16. The first kappa shape index (κ1) is 19.5. The van der Waals surface area contributed by atoms with Crippen LogP contribution in [0.2, 0.25) is 0 Å². The molecule has 2 heterocycles. The minimum atomic E-state index is -0.873. The molecule has 0 saturated heterocycles. The molecule has 1 amide bonds. The standard InChI is InChI=1S/C26H18N2O4/c27-15-19-23(17-9-3-1-4-10-17)24(18-11-5-2-6-12-18)32-26(19)28-25(29)22-16-30-20-13-7-8-14-21(20)31-22/h1-14,22H,16H2,(H,28,29). The molecule has 1 aliphatic heterocycles. The second kappa shape index (κ2) is 8.32. The minimum Gasteiger partial charge on any atom is -0.485 e. The van der Waals surface area contributed by atoms with Gasteiger partial charge in [-0.2, -0.15) is 5.26 Å². The quantitative estimate of drug-likeness (QED) is 0.485. The molecule has 0 bridgehead atoms. The summed E-state index contributed by atoms with van der Waals surface area (Å²) in [5, 5.41) is 12.7. The van der Waals surface area contributed by atoms with Crippen molar-refractivity contribution in [3.63, 3.8) is 0 Å². The third kappa shape index (κ3) is 3.57. The molecule has 1 N–H and O–H groups in total. The highest BCUT2D eigenvalue weighted by Crippen LogP contribution is 2.41. The predicted octanol–water partition coefficient (Wildman–Crippen LogP) is 5.26. The summed E-state index contributed by atoms with van der Waals surface area (Å²) in [6.07, 6.45) is -0.873. The molecule has 5 rings (SSSR count). The Morgan fingerprint density at radius 3 is 2.19 bits per heavy atom. The van der Waals surface area contributed by atoms with Gasteiger partial charge in [0.25, 0.3) is 5.91 Å². The van der Waals surface area contributed by atoms with Gasteiger partial charge >= 0.3 is 0 Å². The fourth-order valence-electron chi connectivity index (χ4n) is 3.64. The van der Waals surface area contributed by atoms with Crippen molar-refractivity contribution in [2.45, 2.75) is 6.10 Å². The molecule has 156 valence electrons. The van der Waals surface area contributed by atoms with Crippen molar-refractivity contribution in [3.05, 3.63) is 90.5 Å². The number of benzene rings is 3. The number of furan rings is 1. The molecule has 0 aliphatic carbocycles. The lowest BCUT2D eigenvalue weighted by Crippen LogP contribution is -2.40. The molecule has 1 unspecified atom stereocenters. The number of nitrogens with one attached hydrogen (secondary N) is 1. The number of para-hydroxylation sites is 2. The molecule has 1 atom stereocenters. The van der Waals surface area contributed by atoms with E-state index in [0.717, 1.165) is 11.1 Å². The van der Waals surface area contributed by atoms with E-state index in [1.54, 1.807) is 18.2 Å². The SMILES string of the molecule is N#Cc1c(NC(=O)C2COc3ccccc3O2)oc(-c2ccccc2)c1-c1ccccc1. The lowest BCUT2D eigenvalue weighted by Gasteiger charge is -2.25. The predicted molar refractivity (Wildman–Crippen MR) is 119 cm³/mol. The number of amides is 1. The van der Waals surface area contributed by atoms with Gasteiger partial charge in [-0.3, -0.25) is 10.1 Å². The molecular formula is C26H18N2O4. The number of carbonyl (C=O) groups excluding carboxylic acids is 1. The smallest absolute Gasteiger partial charge is 0.271 e. The van der Waals surface area contributed by atoms with Crippen molar-refractivity contribution in [3.8, 4) is 40.0 Å². The first-order valence-electron chi connectivity index (χ1n) is 10.1. The second-order valence-corrected chi connectivity index (χ2v) is 7.21. The van der Waals surface area contributed by atoms with Gasteiger partial charge < -0.3 is 13.9 Å². The molecule has 0 saturated carbocycles. The topological polar surface area (TPSA) is 84.5 Å². The number of nitrogens with zero attached hydrogens (tertiary/aromatic N) is 1. The van der Waals surface area contributed by atoms with Crippen LogP contribution in [-0.2, 0) is 4.79 Å². The van der Waals surface area contributed by atoms with E-state index in [2.05, 4.69) is 11.4 Å². The number of hydrogen-bond donors (Lipinski definition) is 1. The molecule has 32 heavy (non-hydrogen) atoms. The summed E-state index contributed by atoms with van der Waals surface area (Å²) in [5.74, 6) is 1.22. The van der Waals surface area contributed by atoms with Gasteiger partial charge in [-0.1, -0.05) is 72.8 Å². The van der Waals surface area contributed by atoms with E-state index in [-0.39, 0.29) is 18.1 Å². The summed E-state index contributed by atoms with van der Waals surface area (Å²) in [5.41, 5.74) is 2.49. The van der Waals surface area contributed by atoms with E-state index >= 15 is 0 Å². The zero-order chi connectivity index (χ0) is 21.9. The molecule has 4 aromatic rings. The average molecular weight is 422 g/mol. The average Bonchev–Trinajstić information content (AvgIpc) is 3.22. The maximum atomic E-state index is 13.0. The van der Waals surface area contributed by atoms with Crippen LogP contribution in [0.1, 0.15) is 5.56 Å². The first-order valence-corrected chi connectivity index (χ1v) is 10.1. The Morgan fingerprint density at radius 1 is 0.875 bits per heavy atom. The van der Waals surface area contributed by atoms with Crippen LogP contribution in [0, 0.1) is 11.3 Å². The summed E-state index contributed by atoms with van der Waals surface area (Å²) >= 11 is 0. The van der Waals surface area contributed by atoms with Gasteiger partial charge in [-0.05, 0) is 17.7 Å². The van der Waals surface area contributed by atoms with Crippen LogP contribution in [0.3, 0.4) is 0 Å². The summed E-state index contributed by atoms with van der Waals surface area (Å²) in [6.45, 7) is 0.0581. The van der Waals surface area contributed by atoms with Crippen LogP contribution < -0.4 is 14.8 Å². The maximum absolute atomic E-state index is 13.0. The van der Waals surface area contributed by atoms with Crippen LogP contribution in [0.25, 0.3) is 22.5 Å². The Hall–Kier alpha value is -4.50. The molecule has 6 heteroatoms. The molecular weight excluding hydrogens is 404 g/mol.